The van der Waals surface area contributed by atoms with Gasteiger partial charge in [-0.2, -0.15) is 5.06 Å². The van der Waals surface area contributed by atoms with Gasteiger partial charge >= 0.3 is 0 Å². The van der Waals surface area contributed by atoms with E-state index >= 15 is 0 Å². The summed E-state index contributed by atoms with van der Waals surface area (Å²) < 4.78 is 5.94. The van der Waals surface area contributed by atoms with E-state index in [-0.39, 0.29) is 11.9 Å². The molecule has 0 saturated carbocycles. The van der Waals surface area contributed by atoms with E-state index in [4.69, 9.17) is 9.57 Å². The van der Waals surface area contributed by atoms with Crippen LogP contribution in [0.15, 0.2) is 24.3 Å². The van der Waals surface area contributed by atoms with Gasteiger partial charge in [-0.05, 0) is 38.3 Å². The first kappa shape index (κ1) is 12.2. The zero-order valence-electron chi connectivity index (χ0n) is 11.3. The molecule has 0 unspecified atom stereocenters. The lowest BCUT2D eigenvalue weighted by molar-refractivity contribution is -0.266. The minimum atomic E-state index is -0.154. The summed E-state index contributed by atoms with van der Waals surface area (Å²) in [6, 6.07) is 9.04. The topological polar surface area (TPSA) is 21.7 Å². The van der Waals surface area contributed by atoms with Crippen LogP contribution in [0.5, 0.6) is 0 Å². The molecule has 0 amide bonds. The Morgan fingerprint density at radius 2 is 2.06 bits per heavy atom. The van der Waals surface area contributed by atoms with Crippen LogP contribution < -0.4 is 0 Å². The summed E-state index contributed by atoms with van der Waals surface area (Å²) in [6.07, 6.45) is 1.88. The Kier molecular flexibility index (Phi) is 2.93. The fourth-order valence-corrected chi connectivity index (χ4v) is 2.84. The maximum atomic E-state index is 5.94. The summed E-state index contributed by atoms with van der Waals surface area (Å²) in [4.78, 5) is 5.91. The van der Waals surface area contributed by atoms with Crippen LogP contribution in [0.3, 0.4) is 0 Å². The van der Waals surface area contributed by atoms with E-state index in [1.807, 2.05) is 0 Å². The SMILES string of the molecule is CC(C)(C)O[C@H]1C[C@H]2c3ccccc3CCN2O1. The van der Waals surface area contributed by atoms with Crippen molar-refractivity contribution >= 4 is 0 Å². The fourth-order valence-electron chi connectivity index (χ4n) is 2.84. The summed E-state index contributed by atoms with van der Waals surface area (Å²) >= 11 is 0. The number of hydrogen-bond donors (Lipinski definition) is 0. The molecule has 1 aromatic carbocycles. The highest BCUT2D eigenvalue weighted by molar-refractivity contribution is 5.32. The Bertz CT molecular complexity index is 438. The molecule has 3 heteroatoms. The predicted molar refractivity (Wildman–Crippen MR) is 69.9 cm³/mol. The predicted octanol–water partition coefficient (Wildman–Crippen LogP) is 3.06. The zero-order chi connectivity index (χ0) is 12.8. The van der Waals surface area contributed by atoms with Gasteiger partial charge in [-0.3, -0.25) is 4.84 Å². The number of fused-ring (bicyclic) bond motifs is 3. The van der Waals surface area contributed by atoms with E-state index in [2.05, 4.69) is 50.1 Å². The summed E-state index contributed by atoms with van der Waals surface area (Å²) in [6.45, 7) is 7.18. The van der Waals surface area contributed by atoms with E-state index in [0.717, 1.165) is 19.4 Å². The quantitative estimate of drug-likeness (QED) is 0.761. The normalized spacial score (nSPS) is 27.9. The molecular weight excluding hydrogens is 226 g/mol. The van der Waals surface area contributed by atoms with Crippen LogP contribution in [-0.4, -0.2) is 23.5 Å². The van der Waals surface area contributed by atoms with E-state index in [1.165, 1.54) is 11.1 Å². The van der Waals surface area contributed by atoms with Gasteiger partial charge in [0.1, 0.15) is 0 Å². The minimum absolute atomic E-state index is 0.110. The Labute approximate surface area is 109 Å². The van der Waals surface area contributed by atoms with Gasteiger partial charge < -0.3 is 4.74 Å². The van der Waals surface area contributed by atoms with Gasteiger partial charge in [0, 0.05) is 13.0 Å². The highest BCUT2D eigenvalue weighted by Crippen LogP contribution is 2.40. The Balaban J connectivity index is 1.78. The van der Waals surface area contributed by atoms with Gasteiger partial charge in [0.05, 0.1) is 11.6 Å². The molecule has 0 spiro atoms. The van der Waals surface area contributed by atoms with Crippen LogP contribution in [0, 0.1) is 0 Å². The first-order valence-electron chi connectivity index (χ1n) is 6.72. The van der Waals surface area contributed by atoms with Crippen molar-refractivity contribution in [2.24, 2.45) is 0 Å². The summed E-state index contributed by atoms with van der Waals surface area (Å²) in [7, 11) is 0. The second kappa shape index (κ2) is 4.34. The third-order valence-corrected chi connectivity index (χ3v) is 3.52. The second-order valence-electron chi connectivity index (χ2n) is 6.11. The monoisotopic (exact) mass is 247 g/mol. The zero-order valence-corrected chi connectivity index (χ0v) is 11.3. The Morgan fingerprint density at radius 3 is 2.83 bits per heavy atom. The van der Waals surface area contributed by atoms with Crippen LogP contribution in [0.25, 0.3) is 0 Å². The molecule has 0 radical (unpaired) electrons. The third-order valence-electron chi connectivity index (χ3n) is 3.52. The van der Waals surface area contributed by atoms with Gasteiger partial charge in [0.25, 0.3) is 0 Å². The maximum Gasteiger partial charge on any atom is 0.180 e. The largest absolute Gasteiger partial charge is 0.345 e. The second-order valence-corrected chi connectivity index (χ2v) is 6.11. The molecule has 98 valence electrons. The lowest BCUT2D eigenvalue weighted by atomic mass is 9.93. The molecule has 0 aromatic heterocycles. The van der Waals surface area contributed by atoms with E-state index in [9.17, 15) is 0 Å². The Hall–Kier alpha value is -0.900. The number of ether oxygens (including phenoxy) is 1. The molecule has 18 heavy (non-hydrogen) atoms. The molecule has 2 heterocycles. The fraction of sp³-hybridized carbons (Fsp3) is 0.600. The average Bonchev–Trinajstić information content (AvgIpc) is 2.69. The van der Waals surface area contributed by atoms with Gasteiger partial charge in [0.15, 0.2) is 6.29 Å². The van der Waals surface area contributed by atoms with Crippen LogP contribution in [0.4, 0.5) is 0 Å². The smallest absolute Gasteiger partial charge is 0.180 e. The molecule has 0 aliphatic carbocycles. The first-order valence-corrected chi connectivity index (χ1v) is 6.72. The van der Waals surface area contributed by atoms with Crippen LogP contribution >= 0.6 is 0 Å². The number of hydrogen-bond acceptors (Lipinski definition) is 3. The van der Waals surface area contributed by atoms with Gasteiger partial charge in [-0.1, -0.05) is 24.3 Å². The maximum absolute atomic E-state index is 5.94. The molecule has 3 nitrogen and oxygen atoms in total. The van der Waals surface area contributed by atoms with Crippen molar-refractivity contribution in [3.8, 4) is 0 Å². The molecule has 1 fully saturated rings. The average molecular weight is 247 g/mol. The van der Waals surface area contributed by atoms with E-state index in [0.29, 0.717) is 6.04 Å². The molecule has 2 aliphatic heterocycles. The molecule has 2 atom stereocenters. The van der Waals surface area contributed by atoms with E-state index < -0.39 is 0 Å². The molecule has 1 saturated heterocycles. The molecular formula is C15H21NO2. The molecule has 2 aliphatic rings. The van der Waals surface area contributed by atoms with Crippen molar-refractivity contribution in [2.45, 2.75) is 51.5 Å². The van der Waals surface area contributed by atoms with Crippen molar-refractivity contribution < 1.29 is 9.57 Å². The standard InChI is InChI=1S/C15H21NO2/c1-15(2,3)17-14-10-13-12-7-5-4-6-11(12)8-9-16(13)18-14/h4-7,13-14H,8-10H2,1-3H3/t13-,14+/m0/s1. The van der Waals surface area contributed by atoms with Crippen molar-refractivity contribution in [1.82, 2.24) is 5.06 Å². The van der Waals surface area contributed by atoms with Crippen LogP contribution in [0.2, 0.25) is 0 Å². The highest BCUT2D eigenvalue weighted by Gasteiger charge is 2.39. The number of nitrogens with zero attached hydrogens (tertiary/aromatic N) is 1. The first-order chi connectivity index (χ1) is 8.53. The lowest BCUT2D eigenvalue weighted by Crippen LogP contribution is -2.31. The van der Waals surface area contributed by atoms with Gasteiger partial charge in [-0.25, -0.2) is 0 Å². The van der Waals surface area contributed by atoms with Crippen molar-refractivity contribution in [2.75, 3.05) is 6.54 Å². The Morgan fingerprint density at radius 1 is 1.28 bits per heavy atom. The number of hydroxylamine groups is 2. The van der Waals surface area contributed by atoms with Crippen LogP contribution in [-0.2, 0) is 16.0 Å². The number of rotatable bonds is 1. The lowest BCUT2D eigenvalue weighted by Gasteiger charge is -2.29. The summed E-state index contributed by atoms with van der Waals surface area (Å²) in [5.74, 6) is 0. The van der Waals surface area contributed by atoms with Crippen LogP contribution in [0.1, 0.15) is 44.4 Å². The third kappa shape index (κ3) is 2.30. The summed E-state index contributed by atoms with van der Waals surface area (Å²) in [5, 5.41) is 2.10. The van der Waals surface area contributed by atoms with Crippen molar-refractivity contribution in [3.63, 3.8) is 0 Å². The summed E-state index contributed by atoms with van der Waals surface area (Å²) in [5.41, 5.74) is 2.71. The molecule has 0 N–H and O–H groups in total. The molecule has 0 bridgehead atoms. The molecule has 1 aromatic rings. The molecule has 3 rings (SSSR count). The highest BCUT2D eigenvalue weighted by atomic mass is 16.8. The van der Waals surface area contributed by atoms with Crippen molar-refractivity contribution in [3.05, 3.63) is 35.4 Å². The van der Waals surface area contributed by atoms with E-state index in [1.54, 1.807) is 0 Å². The number of benzene rings is 1. The van der Waals surface area contributed by atoms with Gasteiger partial charge in [0.2, 0.25) is 0 Å². The minimum Gasteiger partial charge on any atom is -0.345 e. The van der Waals surface area contributed by atoms with Gasteiger partial charge in [-0.15, -0.1) is 0 Å². The van der Waals surface area contributed by atoms with Crippen molar-refractivity contribution in [1.29, 1.82) is 0 Å².